The topological polar surface area (TPSA) is 93.5 Å². The van der Waals surface area contributed by atoms with Crippen molar-refractivity contribution in [1.29, 1.82) is 0 Å². The van der Waals surface area contributed by atoms with Gasteiger partial charge in [-0.2, -0.15) is 5.10 Å². The number of nitrogens with one attached hydrogen (secondary N) is 1. The molecule has 1 aromatic heterocycles. The zero-order chi connectivity index (χ0) is 16.1. The number of aromatic nitrogens is 2. The molecule has 1 aromatic carbocycles. The SMILES string of the molecule is Cc1cc(C(=O)NCCOc2ccc(C(=O)O)cc2)n(C)n1. The predicted octanol–water partition coefficient (Wildman–Crippen LogP) is 1.24. The highest BCUT2D eigenvalue weighted by molar-refractivity contribution is 5.92. The first-order chi connectivity index (χ1) is 10.5. The van der Waals surface area contributed by atoms with Gasteiger partial charge in [0.2, 0.25) is 0 Å². The van der Waals surface area contributed by atoms with Gasteiger partial charge in [0.1, 0.15) is 18.1 Å². The standard InChI is InChI=1S/C15H17N3O4/c1-10-9-13(18(2)17-10)14(19)16-7-8-22-12-5-3-11(4-6-12)15(20)21/h3-6,9H,7-8H2,1-2H3,(H,16,19)(H,20,21). The van der Waals surface area contributed by atoms with E-state index in [4.69, 9.17) is 9.84 Å². The molecule has 0 aliphatic rings. The summed E-state index contributed by atoms with van der Waals surface area (Å²) in [5.74, 6) is -0.645. The Morgan fingerprint density at radius 2 is 2.00 bits per heavy atom. The maximum Gasteiger partial charge on any atom is 0.335 e. The second-order valence-corrected chi connectivity index (χ2v) is 4.73. The number of rotatable bonds is 6. The summed E-state index contributed by atoms with van der Waals surface area (Å²) in [6.45, 7) is 2.44. The smallest absolute Gasteiger partial charge is 0.335 e. The second-order valence-electron chi connectivity index (χ2n) is 4.73. The third-order valence-corrected chi connectivity index (χ3v) is 2.99. The monoisotopic (exact) mass is 303 g/mol. The molecule has 0 aliphatic heterocycles. The maximum atomic E-state index is 11.9. The Morgan fingerprint density at radius 3 is 2.55 bits per heavy atom. The molecule has 116 valence electrons. The van der Waals surface area contributed by atoms with E-state index in [1.54, 1.807) is 25.2 Å². The van der Waals surface area contributed by atoms with E-state index in [9.17, 15) is 9.59 Å². The molecular formula is C15H17N3O4. The Balaban J connectivity index is 1.78. The van der Waals surface area contributed by atoms with Gasteiger partial charge >= 0.3 is 5.97 Å². The van der Waals surface area contributed by atoms with E-state index < -0.39 is 5.97 Å². The minimum Gasteiger partial charge on any atom is -0.492 e. The second kappa shape index (κ2) is 6.75. The Labute approximate surface area is 127 Å². The Morgan fingerprint density at radius 1 is 1.32 bits per heavy atom. The van der Waals surface area contributed by atoms with Crippen LogP contribution in [-0.2, 0) is 7.05 Å². The molecule has 2 rings (SSSR count). The highest BCUT2D eigenvalue weighted by atomic mass is 16.5. The van der Waals surface area contributed by atoms with Crippen LogP contribution in [0.25, 0.3) is 0 Å². The van der Waals surface area contributed by atoms with Crippen LogP contribution in [0.3, 0.4) is 0 Å². The van der Waals surface area contributed by atoms with Crippen LogP contribution in [-0.4, -0.2) is 39.9 Å². The summed E-state index contributed by atoms with van der Waals surface area (Å²) in [5.41, 5.74) is 1.47. The molecule has 2 aromatic rings. The van der Waals surface area contributed by atoms with Crippen LogP contribution in [0.5, 0.6) is 5.75 Å². The first kappa shape index (κ1) is 15.6. The van der Waals surface area contributed by atoms with Gasteiger partial charge < -0.3 is 15.2 Å². The van der Waals surface area contributed by atoms with Gasteiger partial charge in [0.05, 0.1) is 17.8 Å². The largest absolute Gasteiger partial charge is 0.492 e. The molecule has 0 radical (unpaired) electrons. The molecule has 0 bridgehead atoms. The number of hydrogen-bond donors (Lipinski definition) is 2. The quantitative estimate of drug-likeness (QED) is 0.783. The minimum absolute atomic E-state index is 0.201. The molecule has 0 spiro atoms. The third-order valence-electron chi connectivity index (χ3n) is 2.99. The van der Waals surface area contributed by atoms with Gasteiger partial charge in [0, 0.05) is 7.05 Å². The van der Waals surface area contributed by atoms with Crippen molar-refractivity contribution in [1.82, 2.24) is 15.1 Å². The van der Waals surface area contributed by atoms with Gasteiger partial charge in [0.15, 0.2) is 0 Å². The summed E-state index contributed by atoms with van der Waals surface area (Å²) in [7, 11) is 1.71. The number of carbonyl (C=O) groups excluding carboxylic acids is 1. The van der Waals surface area contributed by atoms with Gasteiger partial charge in [-0.15, -0.1) is 0 Å². The van der Waals surface area contributed by atoms with E-state index in [-0.39, 0.29) is 18.1 Å². The van der Waals surface area contributed by atoms with Gasteiger partial charge in [-0.25, -0.2) is 4.79 Å². The lowest BCUT2D eigenvalue weighted by Crippen LogP contribution is -2.29. The lowest BCUT2D eigenvalue weighted by Gasteiger charge is -2.08. The molecule has 2 N–H and O–H groups in total. The lowest BCUT2D eigenvalue weighted by molar-refractivity contribution is 0.0696. The van der Waals surface area contributed by atoms with Crippen molar-refractivity contribution in [3.05, 3.63) is 47.3 Å². The van der Waals surface area contributed by atoms with Gasteiger partial charge in [0.25, 0.3) is 5.91 Å². The fraction of sp³-hybridized carbons (Fsp3) is 0.267. The molecular weight excluding hydrogens is 286 g/mol. The van der Waals surface area contributed by atoms with Crippen LogP contribution in [0.1, 0.15) is 26.5 Å². The highest BCUT2D eigenvalue weighted by Crippen LogP contribution is 2.11. The molecule has 0 unspecified atom stereocenters. The van der Waals surface area contributed by atoms with Crippen LogP contribution < -0.4 is 10.1 Å². The first-order valence-corrected chi connectivity index (χ1v) is 6.72. The zero-order valence-electron chi connectivity index (χ0n) is 12.4. The van der Waals surface area contributed by atoms with Crippen molar-refractivity contribution in [2.45, 2.75) is 6.92 Å². The van der Waals surface area contributed by atoms with Gasteiger partial charge in [-0.05, 0) is 37.3 Å². The molecule has 22 heavy (non-hydrogen) atoms. The maximum absolute atomic E-state index is 11.9. The van der Waals surface area contributed by atoms with Crippen molar-refractivity contribution in [3.8, 4) is 5.75 Å². The number of carboxylic acids is 1. The van der Waals surface area contributed by atoms with E-state index in [1.165, 1.54) is 16.8 Å². The molecule has 1 amide bonds. The average molecular weight is 303 g/mol. The van der Waals surface area contributed by atoms with Gasteiger partial charge in [-0.1, -0.05) is 0 Å². The lowest BCUT2D eigenvalue weighted by atomic mass is 10.2. The summed E-state index contributed by atoms with van der Waals surface area (Å²) in [5, 5.41) is 15.6. The number of carboxylic acid groups (broad SMARTS) is 1. The summed E-state index contributed by atoms with van der Waals surface area (Å²) in [6, 6.07) is 7.80. The molecule has 0 saturated carbocycles. The molecule has 0 fully saturated rings. The molecule has 7 heteroatoms. The van der Waals surface area contributed by atoms with Crippen LogP contribution in [0.2, 0.25) is 0 Å². The van der Waals surface area contributed by atoms with Crippen LogP contribution in [0.15, 0.2) is 30.3 Å². The molecule has 1 heterocycles. The van der Waals surface area contributed by atoms with Gasteiger partial charge in [-0.3, -0.25) is 9.48 Å². The number of aryl methyl sites for hydroxylation is 2. The number of carbonyl (C=O) groups is 2. The number of amides is 1. The Hall–Kier alpha value is -2.83. The summed E-state index contributed by atoms with van der Waals surface area (Å²) < 4.78 is 6.96. The summed E-state index contributed by atoms with van der Waals surface area (Å²) >= 11 is 0. The molecule has 0 atom stereocenters. The molecule has 0 saturated heterocycles. The van der Waals surface area contributed by atoms with Crippen molar-refractivity contribution in [2.75, 3.05) is 13.2 Å². The third kappa shape index (κ3) is 3.85. The highest BCUT2D eigenvalue weighted by Gasteiger charge is 2.10. The summed E-state index contributed by atoms with van der Waals surface area (Å²) in [6.07, 6.45) is 0. The van der Waals surface area contributed by atoms with Crippen molar-refractivity contribution in [2.24, 2.45) is 7.05 Å². The number of hydrogen-bond acceptors (Lipinski definition) is 4. The number of nitrogens with zero attached hydrogens (tertiary/aromatic N) is 2. The fourth-order valence-electron chi connectivity index (χ4n) is 1.94. The van der Waals surface area contributed by atoms with Crippen LogP contribution in [0, 0.1) is 6.92 Å². The van der Waals surface area contributed by atoms with Crippen molar-refractivity contribution >= 4 is 11.9 Å². The van der Waals surface area contributed by atoms with E-state index >= 15 is 0 Å². The normalized spacial score (nSPS) is 10.3. The van der Waals surface area contributed by atoms with E-state index in [2.05, 4.69) is 10.4 Å². The molecule has 0 aliphatic carbocycles. The fourth-order valence-corrected chi connectivity index (χ4v) is 1.94. The zero-order valence-corrected chi connectivity index (χ0v) is 12.4. The Bertz CT molecular complexity index is 677. The van der Waals surface area contributed by atoms with Crippen LogP contribution >= 0.6 is 0 Å². The molecule has 7 nitrogen and oxygen atoms in total. The van der Waals surface area contributed by atoms with E-state index in [0.717, 1.165) is 5.69 Å². The van der Waals surface area contributed by atoms with Crippen LogP contribution in [0.4, 0.5) is 0 Å². The average Bonchev–Trinajstić information content (AvgIpc) is 2.82. The minimum atomic E-state index is -0.981. The summed E-state index contributed by atoms with van der Waals surface area (Å²) in [4.78, 5) is 22.6. The number of benzene rings is 1. The van der Waals surface area contributed by atoms with E-state index in [1.807, 2.05) is 6.92 Å². The van der Waals surface area contributed by atoms with Crippen molar-refractivity contribution < 1.29 is 19.4 Å². The van der Waals surface area contributed by atoms with Crippen molar-refractivity contribution in [3.63, 3.8) is 0 Å². The number of aromatic carboxylic acids is 1. The Kier molecular flexibility index (Phi) is 4.77. The first-order valence-electron chi connectivity index (χ1n) is 6.72. The predicted molar refractivity (Wildman–Crippen MR) is 79.2 cm³/mol. The number of ether oxygens (including phenoxy) is 1. The van der Waals surface area contributed by atoms with E-state index in [0.29, 0.717) is 18.0 Å².